The van der Waals surface area contributed by atoms with Crippen molar-refractivity contribution >= 4 is 5.69 Å². The first-order valence-electron chi connectivity index (χ1n) is 5.03. The van der Waals surface area contributed by atoms with Gasteiger partial charge in [0.2, 0.25) is 0 Å². The lowest BCUT2D eigenvalue weighted by molar-refractivity contribution is 0.733. The lowest BCUT2D eigenvalue weighted by Crippen LogP contribution is -2.21. The highest BCUT2D eigenvalue weighted by molar-refractivity contribution is 5.55. The van der Waals surface area contributed by atoms with E-state index in [0.717, 1.165) is 6.42 Å². The van der Waals surface area contributed by atoms with Crippen molar-refractivity contribution in [2.45, 2.75) is 26.3 Å². The largest absolute Gasteiger partial charge is 0.377 e. The van der Waals surface area contributed by atoms with Crippen molar-refractivity contribution in [3.05, 3.63) is 29.3 Å². The molecular weight excluding hydrogens is 172 g/mol. The number of nitrogens with two attached hydrogens (primary N) is 1. The number of aryl methyl sites for hydroxylation is 1. The number of hydrogen-bond donors (Lipinski definition) is 1. The van der Waals surface area contributed by atoms with Crippen molar-refractivity contribution in [2.75, 3.05) is 19.0 Å². The maximum Gasteiger partial charge on any atom is 0.0396 e. The Morgan fingerprint density at radius 2 is 2.00 bits per heavy atom. The summed E-state index contributed by atoms with van der Waals surface area (Å²) in [6, 6.07) is 6.60. The molecule has 0 spiro atoms. The molecule has 0 fully saturated rings. The first-order chi connectivity index (χ1) is 6.52. The molecule has 0 saturated heterocycles. The van der Waals surface area contributed by atoms with Gasteiger partial charge >= 0.3 is 0 Å². The van der Waals surface area contributed by atoms with Gasteiger partial charge in [-0.3, -0.25) is 0 Å². The number of benzene rings is 1. The fraction of sp³-hybridized carbons (Fsp3) is 0.500. The summed E-state index contributed by atoms with van der Waals surface area (Å²) in [5, 5.41) is 0. The molecule has 0 saturated carbocycles. The molecule has 1 rings (SSSR count). The molecule has 0 aliphatic heterocycles. The van der Waals surface area contributed by atoms with Crippen molar-refractivity contribution in [2.24, 2.45) is 5.73 Å². The minimum atomic E-state index is 0.217. The van der Waals surface area contributed by atoms with Crippen LogP contribution in [0.4, 0.5) is 5.69 Å². The molecule has 0 heterocycles. The topological polar surface area (TPSA) is 29.3 Å². The van der Waals surface area contributed by atoms with Crippen LogP contribution in [0.15, 0.2) is 18.2 Å². The van der Waals surface area contributed by atoms with Gasteiger partial charge in [-0.05, 0) is 37.5 Å². The zero-order valence-electron chi connectivity index (χ0n) is 9.54. The van der Waals surface area contributed by atoms with Gasteiger partial charge in [0.25, 0.3) is 0 Å². The standard InChI is InChI=1S/C12H20N2/c1-9-6-5-7-12(14(3)4)11(9)8-10(2)13/h5-7,10H,8,13H2,1-4H3. The zero-order chi connectivity index (χ0) is 10.7. The Bertz CT molecular complexity index is 303. The maximum atomic E-state index is 5.84. The van der Waals surface area contributed by atoms with Gasteiger partial charge in [-0.1, -0.05) is 12.1 Å². The van der Waals surface area contributed by atoms with Crippen LogP contribution >= 0.6 is 0 Å². The van der Waals surface area contributed by atoms with Crippen LogP contribution in [0.1, 0.15) is 18.1 Å². The van der Waals surface area contributed by atoms with Crippen LogP contribution in [0.5, 0.6) is 0 Å². The quantitative estimate of drug-likeness (QED) is 0.793. The van der Waals surface area contributed by atoms with Crippen molar-refractivity contribution in [1.29, 1.82) is 0 Å². The van der Waals surface area contributed by atoms with E-state index >= 15 is 0 Å². The van der Waals surface area contributed by atoms with Crippen LogP contribution in [0.25, 0.3) is 0 Å². The van der Waals surface area contributed by atoms with Gasteiger partial charge in [0.1, 0.15) is 0 Å². The second-order valence-corrected chi connectivity index (χ2v) is 4.15. The van der Waals surface area contributed by atoms with E-state index in [1.165, 1.54) is 16.8 Å². The molecule has 0 bridgehead atoms. The van der Waals surface area contributed by atoms with Gasteiger partial charge in [-0.2, -0.15) is 0 Å². The summed E-state index contributed by atoms with van der Waals surface area (Å²) in [6.45, 7) is 4.19. The van der Waals surface area contributed by atoms with E-state index in [1.807, 2.05) is 6.92 Å². The Morgan fingerprint density at radius 1 is 1.36 bits per heavy atom. The van der Waals surface area contributed by atoms with E-state index in [-0.39, 0.29) is 6.04 Å². The first kappa shape index (κ1) is 11.1. The van der Waals surface area contributed by atoms with Crippen LogP contribution in [-0.4, -0.2) is 20.1 Å². The SMILES string of the molecule is Cc1cccc(N(C)C)c1CC(C)N. The van der Waals surface area contributed by atoms with E-state index in [4.69, 9.17) is 5.73 Å². The predicted molar refractivity (Wildman–Crippen MR) is 62.9 cm³/mol. The summed E-state index contributed by atoms with van der Waals surface area (Å²) < 4.78 is 0. The molecule has 2 nitrogen and oxygen atoms in total. The average Bonchev–Trinajstić information content (AvgIpc) is 2.07. The lowest BCUT2D eigenvalue weighted by atomic mass is 10.00. The summed E-state index contributed by atoms with van der Waals surface area (Å²) in [5.74, 6) is 0. The van der Waals surface area contributed by atoms with E-state index in [1.54, 1.807) is 0 Å². The van der Waals surface area contributed by atoms with Crippen LogP contribution in [0.2, 0.25) is 0 Å². The van der Waals surface area contributed by atoms with Gasteiger partial charge in [0, 0.05) is 25.8 Å². The number of nitrogens with zero attached hydrogens (tertiary/aromatic N) is 1. The molecule has 0 amide bonds. The Balaban J connectivity index is 3.09. The summed E-state index contributed by atoms with van der Waals surface area (Å²) in [7, 11) is 4.14. The normalized spacial score (nSPS) is 12.6. The van der Waals surface area contributed by atoms with Crippen molar-refractivity contribution in [3.8, 4) is 0 Å². The van der Waals surface area contributed by atoms with Gasteiger partial charge in [-0.25, -0.2) is 0 Å². The molecule has 2 N–H and O–H groups in total. The Kier molecular flexibility index (Phi) is 3.53. The molecule has 0 aliphatic rings. The average molecular weight is 192 g/mol. The number of hydrogen-bond acceptors (Lipinski definition) is 2. The van der Waals surface area contributed by atoms with Gasteiger partial charge < -0.3 is 10.6 Å². The smallest absolute Gasteiger partial charge is 0.0396 e. The molecule has 2 heteroatoms. The van der Waals surface area contributed by atoms with Crippen molar-refractivity contribution < 1.29 is 0 Å². The minimum absolute atomic E-state index is 0.217. The van der Waals surface area contributed by atoms with Crippen molar-refractivity contribution in [3.63, 3.8) is 0 Å². The van der Waals surface area contributed by atoms with Gasteiger partial charge in [-0.15, -0.1) is 0 Å². The second-order valence-electron chi connectivity index (χ2n) is 4.15. The summed E-state index contributed by atoms with van der Waals surface area (Å²) >= 11 is 0. The second kappa shape index (κ2) is 4.47. The summed E-state index contributed by atoms with van der Waals surface area (Å²) in [4.78, 5) is 2.14. The zero-order valence-corrected chi connectivity index (χ0v) is 9.54. The molecule has 1 aromatic carbocycles. The molecule has 14 heavy (non-hydrogen) atoms. The number of rotatable bonds is 3. The van der Waals surface area contributed by atoms with E-state index < -0.39 is 0 Å². The third kappa shape index (κ3) is 2.48. The monoisotopic (exact) mass is 192 g/mol. The van der Waals surface area contributed by atoms with E-state index in [0.29, 0.717) is 0 Å². The van der Waals surface area contributed by atoms with Crippen LogP contribution in [-0.2, 0) is 6.42 Å². The highest BCUT2D eigenvalue weighted by Crippen LogP contribution is 2.22. The molecule has 0 radical (unpaired) electrons. The fourth-order valence-corrected chi connectivity index (χ4v) is 1.69. The Labute approximate surface area is 86.7 Å². The van der Waals surface area contributed by atoms with Gasteiger partial charge in [0.05, 0.1) is 0 Å². The minimum Gasteiger partial charge on any atom is -0.377 e. The Morgan fingerprint density at radius 3 is 2.50 bits per heavy atom. The molecule has 78 valence electrons. The fourth-order valence-electron chi connectivity index (χ4n) is 1.69. The van der Waals surface area contributed by atoms with E-state index in [9.17, 15) is 0 Å². The van der Waals surface area contributed by atoms with Crippen molar-refractivity contribution in [1.82, 2.24) is 0 Å². The van der Waals surface area contributed by atoms with E-state index in [2.05, 4.69) is 44.1 Å². The number of anilines is 1. The van der Waals surface area contributed by atoms with Crippen LogP contribution in [0.3, 0.4) is 0 Å². The summed E-state index contributed by atoms with van der Waals surface area (Å²) in [5.41, 5.74) is 9.82. The maximum absolute atomic E-state index is 5.84. The molecular formula is C12H20N2. The third-order valence-corrected chi connectivity index (χ3v) is 2.39. The molecule has 1 unspecified atom stereocenters. The first-order valence-corrected chi connectivity index (χ1v) is 5.03. The molecule has 1 aromatic rings. The highest BCUT2D eigenvalue weighted by atomic mass is 15.1. The third-order valence-electron chi connectivity index (χ3n) is 2.39. The molecule has 0 aliphatic carbocycles. The van der Waals surface area contributed by atoms with Crippen LogP contribution < -0.4 is 10.6 Å². The lowest BCUT2D eigenvalue weighted by Gasteiger charge is -2.20. The molecule has 0 aromatic heterocycles. The Hall–Kier alpha value is -1.02. The van der Waals surface area contributed by atoms with Gasteiger partial charge in [0.15, 0.2) is 0 Å². The molecule has 1 atom stereocenters. The predicted octanol–water partition coefficient (Wildman–Crippen LogP) is 1.95. The highest BCUT2D eigenvalue weighted by Gasteiger charge is 2.08. The summed E-state index contributed by atoms with van der Waals surface area (Å²) in [6.07, 6.45) is 0.945. The van der Waals surface area contributed by atoms with Crippen LogP contribution in [0, 0.1) is 6.92 Å².